The Morgan fingerprint density at radius 3 is 2.47 bits per heavy atom. The van der Waals surface area contributed by atoms with Crippen LogP contribution in [0.2, 0.25) is 0 Å². The third-order valence-corrected chi connectivity index (χ3v) is 5.82. The molecule has 0 unspecified atom stereocenters. The van der Waals surface area contributed by atoms with Crippen molar-refractivity contribution in [2.24, 2.45) is 0 Å². The molecule has 1 amide bonds. The number of amides is 1. The van der Waals surface area contributed by atoms with Gasteiger partial charge in [0.15, 0.2) is 0 Å². The topological polar surface area (TPSA) is 92.2 Å². The molecule has 0 spiro atoms. The van der Waals surface area contributed by atoms with Crippen LogP contribution in [0.3, 0.4) is 0 Å². The zero-order chi connectivity index (χ0) is 23.7. The third kappa shape index (κ3) is 3.99. The van der Waals surface area contributed by atoms with Gasteiger partial charge in [-0.2, -0.15) is 0 Å². The molecule has 5 rings (SSSR count). The molecule has 3 heterocycles. The summed E-state index contributed by atoms with van der Waals surface area (Å²) in [7, 11) is 0. The van der Waals surface area contributed by atoms with Crippen LogP contribution in [0.5, 0.6) is 0 Å². The predicted octanol–water partition coefficient (Wildman–Crippen LogP) is 3.42. The molecule has 0 atom stereocenters. The predicted molar refractivity (Wildman–Crippen MR) is 131 cm³/mol. The lowest BCUT2D eigenvalue weighted by Gasteiger charge is -2.15. The van der Waals surface area contributed by atoms with Gasteiger partial charge < -0.3 is 9.88 Å². The summed E-state index contributed by atoms with van der Waals surface area (Å²) in [5, 5.41) is 12.0. The summed E-state index contributed by atoms with van der Waals surface area (Å²) in [6, 6.07) is 24.3. The van der Waals surface area contributed by atoms with E-state index < -0.39 is 5.91 Å². The molecule has 0 saturated heterocycles. The largest absolute Gasteiger partial charge is 0.348 e. The molecule has 0 aliphatic carbocycles. The summed E-state index contributed by atoms with van der Waals surface area (Å²) in [5.41, 5.74) is 3.73. The van der Waals surface area contributed by atoms with Crippen LogP contribution in [0.15, 0.2) is 89.9 Å². The molecule has 0 saturated carbocycles. The number of rotatable bonds is 5. The molecule has 2 N–H and O–H groups in total. The van der Waals surface area contributed by atoms with Crippen molar-refractivity contribution < 1.29 is 4.79 Å². The molecule has 168 valence electrons. The molecule has 0 bridgehead atoms. The highest BCUT2D eigenvalue weighted by Gasteiger charge is 2.17. The lowest BCUT2D eigenvalue weighted by molar-refractivity contribution is 0.0948. The maximum atomic E-state index is 13.3. The highest BCUT2D eigenvalue weighted by molar-refractivity contribution is 5.96. The van der Waals surface area contributed by atoms with Gasteiger partial charge in [0.2, 0.25) is 0 Å². The van der Waals surface area contributed by atoms with E-state index in [1.165, 1.54) is 10.5 Å². The molecular formula is C27H23N5O2. The van der Waals surface area contributed by atoms with Crippen LogP contribution in [0.1, 0.15) is 27.0 Å². The van der Waals surface area contributed by atoms with Gasteiger partial charge in [0.05, 0.1) is 17.5 Å². The molecule has 0 aliphatic heterocycles. The van der Waals surface area contributed by atoms with Crippen molar-refractivity contribution in [3.63, 3.8) is 0 Å². The van der Waals surface area contributed by atoms with Crippen LogP contribution in [0.4, 0.5) is 0 Å². The Labute approximate surface area is 195 Å². The van der Waals surface area contributed by atoms with Crippen LogP contribution in [0, 0.1) is 12.3 Å². The molecule has 0 radical (unpaired) electrons. The number of pyridine rings is 2. The van der Waals surface area contributed by atoms with Crippen molar-refractivity contribution in [2.75, 3.05) is 0 Å². The van der Waals surface area contributed by atoms with Gasteiger partial charge in [-0.1, -0.05) is 66.2 Å². The van der Waals surface area contributed by atoms with E-state index in [0.29, 0.717) is 24.4 Å². The fraction of sp³-hybridized carbons (Fsp3) is 0.111. The Kier molecular flexibility index (Phi) is 5.51. The fourth-order valence-electron chi connectivity index (χ4n) is 3.96. The summed E-state index contributed by atoms with van der Waals surface area (Å²) in [6.07, 6.45) is 1.65. The first-order valence-electron chi connectivity index (χ1n) is 11.0. The summed E-state index contributed by atoms with van der Waals surface area (Å²) in [4.78, 5) is 31.1. The van der Waals surface area contributed by atoms with Gasteiger partial charge in [0.1, 0.15) is 16.8 Å². The maximum absolute atomic E-state index is 13.3. The summed E-state index contributed by atoms with van der Waals surface area (Å²) < 4.78 is 3.08. The van der Waals surface area contributed by atoms with E-state index in [0.717, 1.165) is 16.7 Å². The molecule has 0 aliphatic rings. The first-order chi connectivity index (χ1) is 16.5. The van der Waals surface area contributed by atoms with Crippen LogP contribution in [-0.4, -0.2) is 19.9 Å². The second-order valence-corrected chi connectivity index (χ2v) is 8.23. The number of aryl methyl sites for hydroxylation is 1. The number of carbonyl (C=O) groups excluding carboxylic acids is 1. The van der Waals surface area contributed by atoms with Gasteiger partial charge in [-0.25, -0.2) is 4.98 Å². The highest BCUT2D eigenvalue weighted by atomic mass is 16.1. The standard InChI is InChI=1S/C27H23N5O2/c1-18-10-12-20(13-11-18)17-32-24(28)21(26(33)29-16-19-7-3-2-4-8-19)15-22-25(32)30-23-9-5-6-14-31(23)27(22)34/h2-15,28H,16-17H2,1H3,(H,29,33). The van der Waals surface area contributed by atoms with Crippen molar-refractivity contribution >= 4 is 22.6 Å². The minimum absolute atomic E-state index is 0.00539. The summed E-state index contributed by atoms with van der Waals surface area (Å²) >= 11 is 0. The monoisotopic (exact) mass is 449 g/mol. The zero-order valence-corrected chi connectivity index (χ0v) is 18.7. The lowest BCUT2D eigenvalue weighted by atomic mass is 10.1. The SMILES string of the molecule is Cc1ccc(Cn2c(=N)c(C(=O)NCc3ccccc3)cc3c(=O)n4ccccc4nc32)cc1. The van der Waals surface area contributed by atoms with E-state index in [1.807, 2.05) is 67.6 Å². The minimum atomic E-state index is -0.411. The van der Waals surface area contributed by atoms with Gasteiger partial charge in [-0.05, 0) is 36.2 Å². The molecule has 7 nitrogen and oxygen atoms in total. The molecular weight excluding hydrogens is 426 g/mol. The van der Waals surface area contributed by atoms with Crippen LogP contribution in [0.25, 0.3) is 16.7 Å². The molecule has 34 heavy (non-hydrogen) atoms. The minimum Gasteiger partial charge on any atom is -0.348 e. The van der Waals surface area contributed by atoms with Crippen molar-refractivity contribution in [2.45, 2.75) is 20.0 Å². The molecule has 5 aromatic rings. The number of carbonyl (C=O) groups is 1. The number of benzene rings is 2. The van der Waals surface area contributed by atoms with Crippen molar-refractivity contribution in [3.8, 4) is 0 Å². The number of nitrogens with one attached hydrogen (secondary N) is 2. The van der Waals surface area contributed by atoms with E-state index >= 15 is 0 Å². The third-order valence-electron chi connectivity index (χ3n) is 5.82. The zero-order valence-electron chi connectivity index (χ0n) is 18.7. The highest BCUT2D eigenvalue weighted by Crippen LogP contribution is 2.13. The van der Waals surface area contributed by atoms with Gasteiger partial charge in [-0.3, -0.25) is 19.4 Å². The first-order valence-corrected chi connectivity index (χ1v) is 11.0. The van der Waals surface area contributed by atoms with E-state index in [-0.39, 0.29) is 22.0 Å². The van der Waals surface area contributed by atoms with E-state index in [1.54, 1.807) is 22.9 Å². The Bertz CT molecular complexity index is 1630. The lowest BCUT2D eigenvalue weighted by Crippen LogP contribution is -2.35. The fourth-order valence-corrected chi connectivity index (χ4v) is 3.96. The summed E-state index contributed by atoms with van der Waals surface area (Å²) in [6.45, 7) is 2.64. The Hall–Kier alpha value is -4.52. The molecule has 2 aromatic carbocycles. The quantitative estimate of drug-likeness (QED) is 0.403. The number of hydrogen-bond donors (Lipinski definition) is 2. The Morgan fingerprint density at radius 2 is 1.71 bits per heavy atom. The van der Waals surface area contributed by atoms with Crippen LogP contribution >= 0.6 is 0 Å². The smallest absolute Gasteiger partial charge is 0.267 e. The number of aromatic nitrogens is 3. The number of fused-ring (bicyclic) bond motifs is 2. The van der Waals surface area contributed by atoms with Gasteiger partial charge in [-0.15, -0.1) is 0 Å². The van der Waals surface area contributed by atoms with Crippen LogP contribution in [-0.2, 0) is 13.1 Å². The van der Waals surface area contributed by atoms with Crippen molar-refractivity contribution in [3.05, 3.63) is 123 Å². The van der Waals surface area contributed by atoms with Gasteiger partial charge in [0, 0.05) is 12.7 Å². The van der Waals surface area contributed by atoms with Crippen molar-refractivity contribution in [1.82, 2.24) is 19.3 Å². The second-order valence-electron chi connectivity index (χ2n) is 8.23. The first kappa shape index (κ1) is 21.3. The second kappa shape index (κ2) is 8.78. The number of hydrogen-bond acceptors (Lipinski definition) is 4. The van der Waals surface area contributed by atoms with Crippen molar-refractivity contribution in [1.29, 1.82) is 5.41 Å². The Balaban J connectivity index is 1.67. The van der Waals surface area contributed by atoms with Crippen LogP contribution < -0.4 is 16.4 Å². The van der Waals surface area contributed by atoms with E-state index in [4.69, 9.17) is 5.41 Å². The Morgan fingerprint density at radius 1 is 0.971 bits per heavy atom. The van der Waals surface area contributed by atoms with E-state index in [9.17, 15) is 9.59 Å². The average Bonchev–Trinajstić information content (AvgIpc) is 2.86. The van der Waals surface area contributed by atoms with E-state index in [2.05, 4.69) is 10.3 Å². The average molecular weight is 450 g/mol. The maximum Gasteiger partial charge on any atom is 0.267 e. The van der Waals surface area contributed by atoms with Gasteiger partial charge >= 0.3 is 0 Å². The summed E-state index contributed by atoms with van der Waals surface area (Å²) in [5.74, 6) is -0.411. The normalized spacial score (nSPS) is 11.1. The van der Waals surface area contributed by atoms with Gasteiger partial charge in [0.25, 0.3) is 11.5 Å². The molecule has 3 aromatic heterocycles. The molecule has 7 heteroatoms. The molecule has 0 fully saturated rings. The number of nitrogens with zero attached hydrogens (tertiary/aromatic N) is 3.